The van der Waals surface area contributed by atoms with Crippen LogP contribution >= 0.6 is 0 Å². The number of hydrogen-bond donors (Lipinski definition) is 0. The van der Waals surface area contributed by atoms with Crippen molar-refractivity contribution in [3.8, 4) is 0 Å². The molecule has 0 N–H and O–H groups in total. The first-order chi connectivity index (χ1) is 4.93. The third-order valence-electron chi connectivity index (χ3n) is 1.32. The first kappa shape index (κ1) is 7.12. The highest BCUT2D eigenvalue weighted by molar-refractivity contribution is 4.65. The molecule has 0 unspecified atom stereocenters. The molecule has 0 fully saturated rings. The van der Waals surface area contributed by atoms with Gasteiger partial charge in [-0.15, -0.1) is 4.68 Å². The van der Waals surface area contributed by atoms with Gasteiger partial charge >= 0.3 is 0 Å². The lowest BCUT2D eigenvalue weighted by molar-refractivity contribution is -0.759. The van der Waals surface area contributed by atoms with Crippen LogP contribution in [-0.2, 0) is 6.54 Å². The van der Waals surface area contributed by atoms with Crippen molar-refractivity contribution in [2.45, 2.75) is 26.3 Å². The number of unbranched alkanes of at least 4 members (excludes halogenated alkanes) is 1. The average Bonchev–Trinajstić information content (AvgIpc) is 2.03. The normalized spacial score (nSPS) is 9.70. The fourth-order valence-electron chi connectivity index (χ4n) is 0.742. The Balaban J connectivity index is 2.43. The van der Waals surface area contributed by atoms with E-state index in [1.807, 2.05) is 16.9 Å². The maximum Gasteiger partial charge on any atom is 0.171 e. The van der Waals surface area contributed by atoms with E-state index >= 15 is 0 Å². The topological polar surface area (TPSA) is 29.7 Å². The van der Waals surface area contributed by atoms with Gasteiger partial charge in [0.1, 0.15) is 18.0 Å². The molecule has 0 aromatic carbocycles. The van der Waals surface area contributed by atoms with Crippen LogP contribution < -0.4 is 4.68 Å². The highest BCUT2D eigenvalue weighted by Crippen LogP contribution is 1.83. The summed E-state index contributed by atoms with van der Waals surface area (Å²) in [6.45, 7) is 3.14. The fraction of sp³-hybridized carbons (Fsp3) is 0.571. The van der Waals surface area contributed by atoms with E-state index in [9.17, 15) is 0 Å². The summed E-state index contributed by atoms with van der Waals surface area (Å²) in [5, 5.41) is 7.63. The number of nitrogens with zero attached hydrogens (tertiary/aromatic N) is 3. The van der Waals surface area contributed by atoms with E-state index in [0.717, 1.165) is 6.54 Å². The van der Waals surface area contributed by atoms with Gasteiger partial charge in [-0.25, -0.2) is 0 Å². The number of rotatable bonds is 3. The van der Waals surface area contributed by atoms with Crippen LogP contribution in [0.1, 0.15) is 19.8 Å². The van der Waals surface area contributed by atoms with Gasteiger partial charge in [0.2, 0.25) is 0 Å². The van der Waals surface area contributed by atoms with Crippen LogP contribution in [0.3, 0.4) is 0 Å². The van der Waals surface area contributed by atoms with E-state index in [1.165, 1.54) is 12.8 Å². The second kappa shape index (κ2) is 3.93. The van der Waals surface area contributed by atoms with Gasteiger partial charge in [-0.1, -0.05) is 13.3 Å². The second-order valence-electron chi connectivity index (χ2n) is 2.21. The SMILES string of the molecule is CCCC[n+]1cccnn1. The Bertz CT molecular complexity index is 173. The molecule has 0 saturated carbocycles. The molecule has 1 aromatic rings. The van der Waals surface area contributed by atoms with Crippen molar-refractivity contribution in [2.75, 3.05) is 0 Å². The third-order valence-corrected chi connectivity index (χ3v) is 1.32. The van der Waals surface area contributed by atoms with E-state index in [0.29, 0.717) is 0 Å². The van der Waals surface area contributed by atoms with E-state index in [1.54, 1.807) is 6.20 Å². The molecule has 1 aromatic heterocycles. The van der Waals surface area contributed by atoms with Crippen LogP contribution in [0.15, 0.2) is 18.5 Å². The molecular weight excluding hydrogens is 126 g/mol. The van der Waals surface area contributed by atoms with Crippen LogP contribution in [-0.4, -0.2) is 10.3 Å². The Hall–Kier alpha value is -0.990. The zero-order valence-corrected chi connectivity index (χ0v) is 6.20. The summed E-state index contributed by atoms with van der Waals surface area (Å²) >= 11 is 0. The zero-order valence-electron chi connectivity index (χ0n) is 6.20. The Morgan fingerprint density at radius 3 is 3.00 bits per heavy atom. The Kier molecular flexibility index (Phi) is 2.80. The number of aryl methyl sites for hydroxylation is 1. The molecular formula is C7H12N3+. The summed E-state index contributed by atoms with van der Waals surface area (Å²) in [6, 6.07) is 1.89. The van der Waals surface area contributed by atoms with Crippen molar-refractivity contribution in [3.63, 3.8) is 0 Å². The minimum atomic E-state index is 0.977. The Morgan fingerprint density at radius 1 is 1.50 bits per heavy atom. The van der Waals surface area contributed by atoms with Crippen molar-refractivity contribution in [1.29, 1.82) is 0 Å². The van der Waals surface area contributed by atoms with E-state index in [2.05, 4.69) is 17.2 Å². The minimum Gasteiger partial charge on any atom is -0.137 e. The van der Waals surface area contributed by atoms with Crippen molar-refractivity contribution < 1.29 is 4.68 Å². The van der Waals surface area contributed by atoms with Gasteiger partial charge < -0.3 is 0 Å². The van der Waals surface area contributed by atoms with Gasteiger partial charge in [-0.05, 0) is 6.42 Å². The van der Waals surface area contributed by atoms with Crippen LogP contribution in [0.25, 0.3) is 0 Å². The predicted octanol–water partition coefficient (Wildman–Crippen LogP) is 0.564. The van der Waals surface area contributed by atoms with Crippen LogP contribution in [0.5, 0.6) is 0 Å². The Labute approximate surface area is 60.7 Å². The molecule has 0 aliphatic carbocycles. The van der Waals surface area contributed by atoms with E-state index in [4.69, 9.17) is 0 Å². The molecule has 0 atom stereocenters. The standard InChI is InChI=1S/C7H12N3/c1-2-3-6-10-7-4-5-8-9-10/h4-5,7H,2-3,6H2,1H3/q+1. The quantitative estimate of drug-likeness (QED) is 0.571. The summed E-state index contributed by atoms with van der Waals surface area (Å²) < 4.78 is 1.85. The van der Waals surface area contributed by atoms with Crippen molar-refractivity contribution >= 4 is 0 Å². The molecule has 0 spiro atoms. The van der Waals surface area contributed by atoms with Gasteiger partial charge in [0.05, 0.1) is 5.10 Å². The van der Waals surface area contributed by atoms with Crippen LogP contribution in [0, 0.1) is 0 Å². The molecule has 0 saturated heterocycles. The average molecular weight is 138 g/mol. The molecule has 3 nitrogen and oxygen atoms in total. The summed E-state index contributed by atoms with van der Waals surface area (Å²) in [5.74, 6) is 0. The molecule has 0 radical (unpaired) electrons. The van der Waals surface area contributed by atoms with E-state index in [-0.39, 0.29) is 0 Å². The fourth-order valence-corrected chi connectivity index (χ4v) is 0.742. The van der Waals surface area contributed by atoms with Gasteiger partial charge in [-0.2, -0.15) is 0 Å². The monoisotopic (exact) mass is 138 g/mol. The lowest BCUT2D eigenvalue weighted by Crippen LogP contribution is -2.38. The van der Waals surface area contributed by atoms with Crippen molar-refractivity contribution in [3.05, 3.63) is 18.5 Å². The summed E-state index contributed by atoms with van der Waals surface area (Å²) in [6.07, 6.45) is 5.98. The molecule has 0 aliphatic heterocycles. The lowest BCUT2D eigenvalue weighted by Gasteiger charge is -1.90. The molecule has 54 valence electrons. The minimum absolute atomic E-state index is 0.977. The van der Waals surface area contributed by atoms with Gasteiger partial charge in [0.15, 0.2) is 6.20 Å². The van der Waals surface area contributed by atoms with Gasteiger partial charge in [0, 0.05) is 6.07 Å². The third kappa shape index (κ3) is 2.09. The van der Waals surface area contributed by atoms with Crippen molar-refractivity contribution in [1.82, 2.24) is 10.3 Å². The highest BCUT2D eigenvalue weighted by atomic mass is 15.4. The molecule has 0 aliphatic rings. The molecule has 0 amide bonds. The van der Waals surface area contributed by atoms with Crippen molar-refractivity contribution in [2.24, 2.45) is 0 Å². The predicted molar refractivity (Wildman–Crippen MR) is 37.1 cm³/mol. The molecule has 1 heterocycles. The lowest BCUT2D eigenvalue weighted by atomic mass is 10.3. The Morgan fingerprint density at radius 2 is 2.40 bits per heavy atom. The summed E-state index contributed by atoms with van der Waals surface area (Å²) in [7, 11) is 0. The zero-order chi connectivity index (χ0) is 7.23. The molecule has 1 rings (SSSR count). The second-order valence-corrected chi connectivity index (χ2v) is 2.21. The first-order valence-corrected chi connectivity index (χ1v) is 3.61. The number of hydrogen-bond acceptors (Lipinski definition) is 2. The maximum atomic E-state index is 3.88. The smallest absolute Gasteiger partial charge is 0.137 e. The van der Waals surface area contributed by atoms with Gasteiger partial charge in [0.25, 0.3) is 0 Å². The summed E-state index contributed by atoms with van der Waals surface area (Å²) in [4.78, 5) is 0. The number of aromatic nitrogens is 3. The van der Waals surface area contributed by atoms with Crippen LogP contribution in [0.2, 0.25) is 0 Å². The first-order valence-electron chi connectivity index (χ1n) is 3.61. The highest BCUT2D eigenvalue weighted by Gasteiger charge is 1.94. The van der Waals surface area contributed by atoms with Gasteiger partial charge in [-0.3, -0.25) is 0 Å². The largest absolute Gasteiger partial charge is 0.171 e. The molecule has 3 heteroatoms. The molecule has 10 heavy (non-hydrogen) atoms. The summed E-state index contributed by atoms with van der Waals surface area (Å²) in [5.41, 5.74) is 0. The molecule has 0 bridgehead atoms. The van der Waals surface area contributed by atoms with Crippen LogP contribution in [0.4, 0.5) is 0 Å². The van der Waals surface area contributed by atoms with E-state index < -0.39 is 0 Å². The maximum absolute atomic E-state index is 3.88.